The van der Waals surface area contributed by atoms with Gasteiger partial charge in [-0.3, -0.25) is 9.98 Å². The molecule has 0 spiro atoms. The highest BCUT2D eigenvalue weighted by atomic mass is 14.8. The third-order valence-corrected chi connectivity index (χ3v) is 10.9. The van der Waals surface area contributed by atoms with Crippen LogP contribution in [0.2, 0.25) is 0 Å². The fourth-order valence-electron chi connectivity index (χ4n) is 8.53. The molecule has 228 valence electrons. The number of allylic oxidation sites excluding steroid dienone is 10. The Balaban J connectivity index is 1.11. The van der Waals surface area contributed by atoms with Crippen LogP contribution in [0.3, 0.4) is 0 Å². The summed E-state index contributed by atoms with van der Waals surface area (Å²) in [5.41, 5.74) is 24.0. The molecule has 0 unspecified atom stereocenters. The van der Waals surface area contributed by atoms with Crippen molar-refractivity contribution in [2.24, 2.45) is 4.99 Å². The summed E-state index contributed by atoms with van der Waals surface area (Å²) in [5, 5.41) is 0. The second kappa shape index (κ2) is 11.0. The van der Waals surface area contributed by atoms with Gasteiger partial charge in [0.25, 0.3) is 0 Å². The van der Waals surface area contributed by atoms with E-state index < -0.39 is 0 Å². The summed E-state index contributed by atoms with van der Waals surface area (Å²) in [6.07, 6.45) is 23.6. The monoisotopic (exact) mass is 614 g/mol. The largest absolute Gasteiger partial charge is 0.264 e. The van der Waals surface area contributed by atoms with Crippen LogP contribution >= 0.6 is 0 Å². The standard InChI is InChI=1S/C46H34N2/c1-2-9-31-24-42-38(14-6-15-39(42)36(31)12-3-1)34-23-35-27-45(30-20-18-29(19-21-30)33-11-8-22-47-28-33)48-46(35)44(26-34)41-17-7-16-40-37-13-5-4-10-32(37)25-43(40)41/h1-3,5-8,11-23,26,28H,4,9-10,24-25,27H2. The van der Waals surface area contributed by atoms with E-state index in [9.17, 15) is 0 Å². The summed E-state index contributed by atoms with van der Waals surface area (Å²) in [6, 6.07) is 31.7. The van der Waals surface area contributed by atoms with Gasteiger partial charge in [0.2, 0.25) is 0 Å². The lowest BCUT2D eigenvalue weighted by atomic mass is 9.87. The molecule has 0 fully saturated rings. The number of hydrogen-bond donors (Lipinski definition) is 0. The van der Waals surface area contributed by atoms with E-state index >= 15 is 0 Å². The molecule has 0 amide bonds. The van der Waals surface area contributed by atoms with Crippen molar-refractivity contribution in [3.63, 3.8) is 0 Å². The average molecular weight is 615 g/mol. The molecular formula is C46H34N2. The van der Waals surface area contributed by atoms with Gasteiger partial charge in [-0.15, -0.1) is 0 Å². The SMILES string of the molecule is C1=CCC2=C(C=C1)c1cccc(-c3cc4c(c(-c5cccc6c5CC5=C6C=CCC5)c3)N=C(c3ccc(-c5cccnc5)cc3)C4)c1C2. The quantitative estimate of drug-likeness (QED) is 0.198. The van der Waals surface area contributed by atoms with Crippen LogP contribution in [0.15, 0.2) is 150 Å². The zero-order valence-corrected chi connectivity index (χ0v) is 26.8. The fraction of sp³-hybridized carbons (Fsp3) is 0.130. The van der Waals surface area contributed by atoms with E-state index in [4.69, 9.17) is 4.99 Å². The average Bonchev–Trinajstić information content (AvgIpc) is 3.80. The number of fused-ring (bicyclic) bond motifs is 5. The Kier molecular flexibility index (Phi) is 6.30. The molecule has 2 heterocycles. The molecule has 0 radical (unpaired) electrons. The van der Waals surface area contributed by atoms with Crippen molar-refractivity contribution >= 4 is 22.5 Å². The number of nitrogens with zero attached hydrogens (tertiary/aromatic N) is 2. The highest BCUT2D eigenvalue weighted by Gasteiger charge is 2.29. The first kappa shape index (κ1) is 27.5. The third-order valence-electron chi connectivity index (χ3n) is 10.9. The lowest BCUT2D eigenvalue weighted by molar-refractivity contribution is 0.935. The summed E-state index contributed by atoms with van der Waals surface area (Å²) in [5.74, 6) is 0. The smallest absolute Gasteiger partial charge is 0.0748 e. The molecule has 4 aromatic carbocycles. The zero-order chi connectivity index (χ0) is 31.6. The summed E-state index contributed by atoms with van der Waals surface area (Å²) < 4.78 is 0. The molecule has 0 saturated carbocycles. The molecule has 5 aromatic rings. The zero-order valence-electron chi connectivity index (χ0n) is 26.8. The maximum Gasteiger partial charge on any atom is 0.0748 e. The number of aromatic nitrogens is 1. The molecule has 0 saturated heterocycles. The van der Waals surface area contributed by atoms with E-state index in [0.717, 1.165) is 55.5 Å². The molecule has 2 heteroatoms. The van der Waals surface area contributed by atoms with Gasteiger partial charge in [0.15, 0.2) is 0 Å². The van der Waals surface area contributed by atoms with Gasteiger partial charge in [-0.1, -0.05) is 114 Å². The molecule has 10 rings (SSSR count). The Morgan fingerprint density at radius 3 is 2.17 bits per heavy atom. The summed E-state index contributed by atoms with van der Waals surface area (Å²) in [6.45, 7) is 0. The molecule has 48 heavy (non-hydrogen) atoms. The molecule has 0 bridgehead atoms. The number of benzene rings is 4. The van der Waals surface area contributed by atoms with Crippen LogP contribution in [0.1, 0.15) is 52.6 Å². The molecule has 0 N–H and O–H groups in total. The van der Waals surface area contributed by atoms with Crippen molar-refractivity contribution in [3.05, 3.63) is 178 Å². The lowest BCUT2D eigenvalue weighted by Crippen LogP contribution is -2.00. The summed E-state index contributed by atoms with van der Waals surface area (Å²) >= 11 is 0. The topological polar surface area (TPSA) is 25.2 Å². The molecule has 2 nitrogen and oxygen atoms in total. The Labute approximate surface area is 282 Å². The second-order valence-electron chi connectivity index (χ2n) is 13.6. The highest BCUT2D eigenvalue weighted by molar-refractivity contribution is 6.09. The summed E-state index contributed by atoms with van der Waals surface area (Å²) in [7, 11) is 0. The Hall–Kier alpha value is -5.60. The number of aliphatic imine (C=N–C) groups is 1. The minimum atomic E-state index is 0.826. The van der Waals surface area contributed by atoms with Crippen LogP contribution in [0, 0.1) is 0 Å². The van der Waals surface area contributed by atoms with E-state index in [0.29, 0.717) is 0 Å². The predicted octanol–water partition coefficient (Wildman–Crippen LogP) is 11.2. The fourth-order valence-corrected chi connectivity index (χ4v) is 8.53. The minimum Gasteiger partial charge on any atom is -0.264 e. The maximum absolute atomic E-state index is 5.45. The van der Waals surface area contributed by atoms with E-state index in [1.165, 1.54) is 77.9 Å². The van der Waals surface area contributed by atoms with Gasteiger partial charge in [0, 0.05) is 24.4 Å². The summed E-state index contributed by atoms with van der Waals surface area (Å²) in [4.78, 5) is 9.76. The number of rotatable bonds is 4. The van der Waals surface area contributed by atoms with Crippen molar-refractivity contribution < 1.29 is 0 Å². The van der Waals surface area contributed by atoms with Crippen molar-refractivity contribution in [1.82, 2.24) is 4.98 Å². The Bertz CT molecular complexity index is 2360. The first-order valence-electron chi connectivity index (χ1n) is 17.2. The van der Waals surface area contributed by atoms with Gasteiger partial charge in [-0.2, -0.15) is 0 Å². The van der Waals surface area contributed by atoms with Crippen molar-refractivity contribution in [3.8, 4) is 33.4 Å². The van der Waals surface area contributed by atoms with Gasteiger partial charge in [0.05, 0.1) is 11.4 Å². The minimum absolute atomic E-state index is 0.826. The number of pyridine rings is 1. The Morgan fingerprint density at radius 2 is 1.31 bits per heavy atom. The second-order valence-corrected chi connectivity index (χ2v) is 13.6. The van der Waals surface area contributed by atoms with Crippen molar-refractivity contribution in [2.75, 3.05) is 0 Å². The van der Waals surface area contributed by atoms with Gasteiger partial charge in [-0.05, 0) is 123 Å². The van der Waals surface area contributed by atoms with Crippen LogP contribution < -0.4 is 0 Å². The van der Waals surface area contributed by atoms with E-state index in [-0.39, 0.29) is 0 Å². The van der Waals surface area contributed by atoms with E-state index in [2.05, 4.69) is 120 Å². The molecule has 1 aromatic heterocycles. The van der Waals surface area contributed by atoms with Crippen LogP contribution in [-0.2, 0) is 19.3 Å². The first-order valence-corrected chi connectivity index (χ1v) is 17.2. The molecule has 0 atom stereocenters. The highest BCUT2D eigenvalue weighted by Crippen LogP contribution is 2.49. The van der Waals surface area contributed by atoms with Crippen LogP contribution in [-0.4, -0.2) is 10.7 Å². The molecule has 4 aliphatic carbocycles. The van der Waals surface area contributed by atoms with E-state index in [1.54, 1.807) is 5.57 Å². The van der Waals surface area contributed by atoms with Crippen LogP contribution in [0.5, 0.6) is 0 Å². The maximum atomic E-state index is 5.45. The molecular weight excluding hydrogens is 581 g/mol. The number of hydrogen-bond acceptors (Lipinski definition) is 2. The third kappa shape index (κ3) is 4.40. The van der Waals surface area contributed by atoms with Crippen molar-refractivity contribution in [1.29, 1.82) is 0 Å². The molecule has 1 aliphatic heterocycles. The van der Waals surface area contributed by atoms with Gasteiger partial charge in [0.1, 0.15) is 0 Å². The normalized spacial score (nSPS) is 16.8. The van der Waals surface area contributed by atoms with Crippen LogP contribution in [0.25, 0.3) is 44.5 Å². The van der Waals surface area contributed by atoms with E-state index in [1.807, 2.05) is 18.5 Å². The Morgan fingerprint density at radius 1 is 0.542 bits per heavy atom. The first-order chi connectivity index (χ1) is 23.8. The molecule has 5 aliphatic rings. The van der Waals surface area contributed by atoms with Gasteiger partial charge < -0.3 is 0 Å². The van der Waals surface area contributed by atoms with Gasteiger partial charge in [-0.25, -0.2) is 0 Å². The predicted molar refractivity (Wildman–Crippen MR) is 199 cm³/mol. The van der Waals surface area contributed by atoms with Crippen LogP contribution in [0.4, 0.5) is 5.69 Å². The lowest BCUT2D eigenvalue weighted by Gasteiger charge is -2.17. The van der Waals surface area contributed by atoms with Gasteiger partial charge >= 0.3 is 0 Å². The van der Waals surface area contributed by atoms with Crippen molar-refractivity contribution in [2.45, 2.75) is 38.5 Å².